The van der Waals surface area contributed by atoms with E-state index in [9.17, 15) is 9.59 Å². The molecule has 2 amide bonds. The number of carboxylic acid groups (broad SMARTS) is 1. The zero-order chi connectivity index (χ0) is 13.6. The van der Waals surface area contributed by atoms with Crippen LogP contribution in [0.1, 0.15) is 32.1 Å². The summed E-state index contributed by atoms with van der Waals surface area (Å²) in [5.41, 5.74) is -0.725. The molecule has 0 aliphatic heterocycles. The lowest BCUT2D eigenvalue weighted by Crippen LogP contribution is -2.50. The maximum Gasteiger partial charge on any atom is 0.317 e. The molecule has 102 valence electrons. The number of allylic oxidation sites excluding steroid dienone is 1. The van der Waals surface area contributed by atoms with Crippen LogP contribution in [0, 0.1) is 5.41 Å². The van der Waals surface area contributed by atoms with Crippen LogP contribution in [0.3, 0.4) is 0 Å². The fraction of sp³-hybridized carbons (Fsp3) is 0.692. The highest BCUT2D eigenvalue weighted by atomic mass is 16.4. The Morgan fingerprint density at radius 2 is 2.17 bits per heavy atom. The largest absolute Gasteiger partial charge is 0.481 e. The van der Waals surface area contributed by atoms with E-state index in [1.54, 1.807) is 11.9 Å². The Bertz CT molecular complexity index is 324. The normalized spacial score (nSPS) is 16.5. The molecule has 1 aliphatic rings. The quantitative estimate of drug-likeness (QED) is 0.538. The minimum absolute atomic E-state index is 0.202. The molecule has 0 aromatic carbocycles. The fourth-order valence-corrected chi connectivity index (χ4v) is 2.02. The molecular weight excluding hydrogens is 232 g/mol. The third kappa shape index (κ3) is 3.48. The number of nitrogens with one attached hydrogen (secondary N) is 1. The van der Waals surface area contributed by atoms with Gasteiger partial charge in [-0.3, -0.25) is 4.79 Å². The number of unbranched alkanes of at least 4 members (excludes halogenated alkanes) is 1. The first-order valence-electron chi connectivity index (χ1n) is 6.35. The standard InChI is InChI=1S/C13H22N2O3/c1-3-4-5-9-15(2)12(18)14-10-13(11(16)17)7-6-8-13/h3H,1,4-10H2,2H3,(H,14,18)(H,16,17). The number of amides is 2. The van der Waals surface area contributed by atoms with Gasteiger partial charge in [-0.1, -0.05) is 12.5 Å². The highest BCUT2D eigenvalue weighted by Gasteiger charge is 2.44. The molecule has 0 aromatic rings. The van der Waals surface area contributed by atoms with Crippen molar-refractivity contribution in [2.75, 3.05) is 20.1 Å². The van der Waals surface area contributed by atoms with E-state index in [0.717, 1.165) is 19.3 Å². The molecule has 2 N–H and O–H groups in total. The maximum absolute atomic E-state index is 11.7. The molecule has 0 aromatic heterocycles. The lowest BCUT2D eigenvalue weighted by molar-refractivity contribution is -0.153. The number of carbonyl (C=O) groups excluding carboxylic acids is 1. The van der Waals surface area contributed by atoms with Crippen LogP contribution in [-0.2, 0) is 4.79 Å². The van der Waals surface area contributed by atoms with Gasteiger partial charge >= 0.3 is 12.0 Å². The number of rotatable bonds is 7. The highest BCUT2D eigenvalue weighted by Crippen LogP contribution is 2.40. The van der Waals surface area contributed by atoms with Crippen molar-refractivity contribution in [2.24, 2.45) is 5.41 Å². The third-order valence-corrected chi connectivity index (χ3v) is 3.59. The summed E-state index contributed by atoms with van der Waals surface area (Å²) < 4.78 is 0. The van der Waals surface area contributed by atoms with Gasteiger partial charge in [-0.05, 0) is 25.7 Å². The maximum atomic E-state index is 11.7. The van der Waals surface area contributed by atoms with Crippen molar-refractivity contribution < 1.29 is 14.7 Å². The van der Waals surface area contributed by atoms with Gasteiger partial charge in [-0.15, -0.1) is 6.58 Å². The first-order chi connectivity index (χ1) is 8.52. The van der Waals surface area contributed by atoms with Gasteiger partial charge in [-0.25, -0.2) is 4.79 Å². The topological polar surface area (TPSA) is 69.6 Å². The van der Waals surface area contributed by atoms with Crippen LogP contribution in [0.15, 0.2) is 12.7 Å². The van der Waals surface area contributed by atoms with Gasteiger partial charge in [-0.2, -0.15) is 0 Å². The van der Waals surface area contributed by atoms with E-state index in [1.807, 2.05) is 6.08 Å². The Balaban J connectivity index is 2.31. The van der Waals surface area contributed by atoms with Crippen molar-refractivity contribution >= 4 is 12.0 Å². The lowest BCUT2D eigenvalue weighted by Gasteiger charge is -2.37. The van der Waals surface area contributed by atoms with E-state index in [-0.39, 0.29) is 12.6 Å². The number of nitrogens with zero attached hydrogens (tertiary/aromatic N) is 1. The van der Waals surface area contributed by atoms with Crippen LogP contribution in [0.5, 0.6) is 0 Å². The predicted molar refractivity (Wildman–Crippen MR) is 69.4 cm³/mol. The summed E-state index contributed by atoms with van der Waals surface area (Å²) in [4.78, 5) is 24.4. The van der Waals surface area contributed by atoms with E-state index in [2.05, 4.69) is 11.9 Å². The molecule has 0 bridgehead atoms. The Morgan fingerprint density at radius 1 is 1.50 bits per heavy atom. The fourth-order valence-electron chi connectivity index (χ4n) is 2.02. The molecule has 0 unspecified atom stereocenters. The summed E-state index contributed by atoms with van der Waals surface area (Å²) in [6, 6.07) is -0.202. The third-order valence-electron chi connectivity index (χ3n) is 3.59. The molecule has 1 rings (SSSR count). The number of hydrogen-bond acceptors (Lipinski definition) is 2. The summed E-state index contributed by atoms with van der Waals surface area (Å²) in [5.74, 6) is -0.802. The monoisotopic (exact) mass is 254 g/mol. The first kappa shape index (κ1) is 14.5. The molecule has 0 heterocycles. The minimum Gasteiger partial charge on any atom is -0.481 e. The number of hydrogen-bond donors (Lipinski definition) is 2. The van der Waals surface area contributed by atoms with Gasteiger partial charge in [0.15, 0.2) is 0 Å². The summed E-state index contributed by atoms with van der Waals surface area (Å²) in [5, 5.41) is 11.8. The second-order valence-corrected chi connectivity index (χ2v) is 4.95. The SMILES string of the molecule is C=CCCCN(C)C(=O)NCC1(C(=O)O)CCC1. The molecular formula is C13H22N2O3. The van der Waals surface area contributed by atoms with E-state index < -0.39 is 11.4 Å². The van der Waals surface area contributed by atoms with Gasteiger partial charge in [0.2, 0.25) is 0 Å². The molecule has 1 aliphatic carbocycles. The number of carboxylic acids is 1. The van der Waals surface area contributed by atoms with Gasteiger partial charge in [0.25, 0.3) is 0 Å². The van der Waals surface area contributed by atoms with Crippen LogP contribution in [-0.4, -0.2) is 42.1 Å². The number of urea groups is 1. The van der Waals surface area contributed by atoms with Crippen molar-refractivity contribution in [1.82, 2.24) is 10.2 Å². The van der Waals surface area contributed by atoms with Crippen molar-refractivity contribution in [2.45, 2.75) is 32.1 Å². The Labute approximate surface area is 108 Å². The Kier molecular flexibility index (Phi) is 5.19. The second-order valence-electron chi connectivity index (χ2n) is 4.95. The minimum atomic E-state index is -0.802. The van der Waals surface area contributed by atoms with Crippen LogP contribution < -0.4 is 5.32 Å². The van der Waals surface area contributed by atoms with E-state index in [4.69, 9.17) is 5.11 Å². The molecule has 0 radical (unpaired) electrons. The summed E-state index contributed by atoms with van der Waals surface area (Å²) in [6.45, 7) is 4.50. The summed E-state index contributed by atoms with van der Waals surface area (Å²) in [7, 11) is 1.71. The second kappa shape index (κ2) is 6.42. The molecule has 5 heteroatoms. The van der Waals surface area contributed by atoms with E-state index in [0.29, 0.717) is 19.4 Å². The Hall–Kier alpha value is -1.52. The molecule has 5 nitrogen and oxygen atoms in total. The van der Waals surface area contributed by atoms with Crippen LogP contribution >= 0.6 is 0 Å². The Morgan fingerprint density at radius 3 is 2.61 bits per heavy atom. The molecule has 18 heavy (non-hydrogen) atoms. The molecule has 1 saturated carbocycles. The molecule has 1 fully saturated rings. The summed E-state index contributed by atoms with van der Waals surface area (Å²) >= 11 is 0. The molecule has 0 spiro atoms. The predicted octanol–water partition coefficient (Wildman–Crippen LogP) is 1.85. The number of carbonyl (C=O) groups is 2. The zero-order valence-corrected chi connectivity index (χ0v) is 10.9. The summed E-state index contributed by atoms with van der Waals surface area (Å²) in [6.07, 6.45) is 5.80. The first-order valence-corrected chi connectivity index (χ1v) is 6.35. The van der Waals surface area contributed by atoms with Crippen molar-refractivity contribution in [1.29, 1.82) is 0 Å². The van der Waals surface area contributed by atoms with Crippen LogP contribution in [0.2, 0.25) is 0 Å². The lowest BCUT2D eigenvalue weighted by atomic mass is 9.69. The smallest absolute Gasteiger partial charge is 0.317 e. The molecule has 0 saturated heterocycles. The van der Waals surface area contributed by atoms with Crippen molar-refractivity contribution in [3.05, 3.63) is 12.7 Å². The van der Waals surface area contributed by atoms with Crippen LogP contribution in [0.25, 0.3) is 0 Å². The average Bonchev–Trinajstić information content (AvgIpc) is 2.27. The van der Waals surface area contributed by atoms with Gasteiger partial charge < -0.3 is 15.3 Å². The van der Waals surface area contributed by atoms with Crippen molar-refractivity contribution in [3.8, 4) is 0 Å². The molecule has 0 atom stereocenters. The van der Waals surface area contributed by atoms with E-state index >= 15 is 0 Å². The van der Waals surface area contributed by atoms with Gasteiger partial charge in [0.1, 0.15) is 0 Å². The van der Waals surface area contributed by atoms with Crippen molar-refractivity contribution in [3.63, 3.8) is 0 Å². The number of aliphatic carboxylic acids is 1. The van der Waals surface area contributed by atoms with E-state index in [1.165, 1.54) is 0 Å². The van der Waals surface area contributed by atoms with Gasteiger partial charge in [0, 0.05) is 20.1 Å². The average molecular weight is 254 g/mol. The zero-order valence-electron chi connectivity index (χ0n) is 10.9. The van der Waals surface area contributed by atoms with Crippen LogP contribution in [0.4, 0.5) is 4.79 Å². The van der Waals surface area contributed by atoms with Gasteiger partial charge in [0.05, 0.1) is 5.41 Å². The highest BCUT2D eigenvalue weighted by molar-refractivity contribution is 5.78.